The summed E-state index contributed by atoms with van der Waals surface area (Å²) in [5.41, 5.74) is 2.60. The average molecular weight is 278 g/mol. The van der Waals surface area contributed by atoms with Crippen LogP contribution < -0.4 is 5.32 Å². The predicted molar refractivity (Wildman–Crippen MR) is 78.1 cm³/mol. The maximum Gasteiger partial charge on any atom is 0.126 e. The molecule has 0 aliphatic heterocycles. The van der Waals surface area contributed by atoms with E-state index in [1.807, 2.05) is 23.8 Å². The van der Waals surface area contributed by atoms with Crippen LogP contribution in [0.4, 0.5) is 4.39 Å². The first kappa shape index (κ1) is 14.2. The SMILES string of the molecule is CC(C)NCC(Cc1cncs1)c1ccccc1F. The molecule has 0 bridgehead atoms. The Bertz CT molecular complexity index is 497. The lowest BCUT2D eigenvalue weighted by Crippen LogP contribution is -2.29. The molecule has 0 aliphatic rings. The number of benzene rings is 1. The van der Waals surface area contributed by atoms with E-state index in [0.717, 1.165) is 18.5 Å². The molecule has 0 radical (unpaired) electrons. The van der Waals surface area contributed by atoms with E-state index in [-0.39, 0.29) is 11.7 Å². The molecular weight excluding hydrogens is 259 g/mol. The highest BCUT2D eigenvalue weighted by Crippen LogP contribution is 2.24. The average Bonchev–Trinajstić information content (AvgIpc) is 2.88. The second-order valence-electron chi connectivity index (χ2n) is 4.95. The van der Waals surface area contributed by atoms with Crippen molar-refractivity contribution in [3.05, 3.63) is 52.2 Å². The van der Waals surface area contributed by atoms with E-state index in [1.165, 1.54) is 10.9 Å². The first-order chi connectivity index (χ1) is 9.16. The van der Waals surface area contributed by atoms with Crippen LogP contribution in [0.25, 0.3) is 0 Å². The Hall–Kier alpha value is -1.26. The molecule has 2 nitrogen and oxygen atoms in total. The van der Waals surface area contributed by atoms with Gasteiger partial charge in [0, 0.05) is 29.6 Å². The number of hydrogen-bond acceptors (Lipinski definition) is 3. The smallest absolute Gasteiger partial charge is 0.126 e. The van der Waals surface area contributed by atoms with Gasteiger partial charge >= 0.3 is 0 Å². The van der Waals surface area contributed by atoms with Crippen molar-refractivity contribution >= 4 is 11.3 Å². The molecule has 0 saturated carbocycles. The third kappa shape index (κ3) is 4.11. The first-order valence-corrected chi connectivity index (χ1v) is 7.40. The molecule has 0 spiro atoms. The van der Waals surface area contributed by atoms with Gasteiger partial charge < -0.3 is 5.32 Å². The Morgan fingerprint density at radius 3 is 2.74 bits per heavy atom. The standard InChI is InChI=1S/C15H19FN2S/c1-11(2)18-8-12(7-13-9-17-10-19-13)14-5-3-4-6-15(14)16/h3-6,9-12,18H,7-8H2,1-2H3. The third-order valence-electron chi connectivity index (χ3n) is 3.05. The molecule has 1 N–H and O–H groups in total. The normalized spacial score (nSPS) is 12.8. The van der Waals surface area contributed by atoms with Gasteiger partial charge in [0.15, 0.2) is 0 Å². The van der Waals surface area contributed by atoms with E-state index in [2.05, 4.69) is 24.1 Å². The van der Waals surface area contributed by atoms with Crippen LogP contribution >= 0.6 is 11.3 Å². The molecular formula is C15H19FN2S. The molecule has 4 heteroatoms. The fraction of sp³-hybridized carbons (Fsp3) is 0.400. The summed E-state index contributed by atoms with van der Waals surface area (Å²) in [7, 11) is 0. The fourth-order valence-corrected chi connectivity index (χ4v) is 2.74. The lowest BCUT2D eigenvalue weighted by atomic mass is 9.94. The van der Waals surface area contributed by atoms with Crippen LogP contribution in [0.1, 0.15) is 30.2 Å². The molecule has 0 saturated heterocycles. The predicted octanol–water partition coefficient (Wildman–Crippen LogP) is 3.61. The molecule has 1 aromatic carbocycles. The summed E-state index contributed by atoms with van der Waals surface area (Å²) in [6, 6.07) is 7.44. The van der Waals surface area contributed by atoms with Gasteiger partial charge in [0.2, 0.25) is 0 Å². The number of nitrogens with zero attached hydrogens (tertiary/aromatic N) is 1. The Morgan fingerprint density at radius 1 is 1.32 bits per heavy atom. The van der Waals surface area contributed by atoms with Crippen molar-refractivity contribution < 1.29 is 4.39 Å². The summed E-state index contributed by atoms with van der Waals surface area (Å²) in [6.45, 7) is 4.98. The minimum atomic E-state index is -0.123. The van der Waals surface area contributed by atoms with Crippen LogP contribution in [0.15, 0.2) is 36.0 Å². The highest BCUT2D eigenvalue weighted by molar-refractivity contribution is 7.09. The summed E-state index contributed by atoms with van der Waals surface area (Å²) in [4.78, 5) is 5.28. The molecule has 2 rings (SSSR count). The highest BCUT2D eigenvalue weighted by atomic mass is 32.1. The van der Waals surface area contributed by atoms with E-state index < -0.39 is 0 Å². The van der Waals surface area contributed by atoms with Gasteiger partial charge in [0.05, 0.1) is 5.51 Å². The van der Waals surface area contributed by atoms with Crippen LogP contribution in [-0.2, 0) is 6.42 Å². The molecule has 0 amide bonds. The van der Waals surface area contributed by atoms with Crippen molar-refractivity contribution in [3.63, 3.8) is 0 Å². The van der Waals surface area contributed by atoms with Gasteiger partial charge in [-0.3, -0.25) is 4.98 Å². The molecule has 1 unspecified atom stereocenters. The van der Waals surface area contributed by atoms with Gasteiger partial charge in [-0.05, 0) is 18.1 Å². The van der Waals surface area contributed by atoms with Crippen LogP contribution in [0, 0.1) is 5.82 Å². The van der Waals surface area contributed by atoms with Gasteiger partial charge in [-0.15, -0.1) is 11.3 Å². The van der Waals surface area contributed by atoms with Crippen LogP contribution in [0.2, 0.25) is 0 Å². The number of halogens is 1. The molecule has 102 valence electrons. The largest absolute Gasteiger partial charge is 0.314 e. The molecule has 2 aromatic rings. The number of aromatic nitrogens is 1. The van der Waals surface area contributed by atoms with Gasteiger partial charge in [0.1, 0.15) is 5.82 Å². The zero-order valence-corrected chi connectivity index (χ0v) is 12.1. The van der Waals surface area contributed by atoms with Gasteiger partial charge in [-0.1, -0.05) is 32.0 Å². The number of nitrogens with one attached hydrogen (secondary N) is 1. The summed E-state index contributed by atoms with van der Waals surface area (Å²) in [5, 5.41) is 3.40. The molecule has 0 fully saturated rings. The molecule has 1 atom stereocenters. The second kappa shape index (κ2) is 6.78. The van der Waals surface area contributed by atoms with Crippen molar-refractivity contribution in [1.29, 1.82) is 0 Å². The van der Waals surface area contributed by atoms with Crippen molar-refractivity contribution in [2.75, 3.05) is 6.54 Å². The summed E-state index contributed by atoms with van der Waals surface area (Å²) >= 11 is 1.62. The van der Waals surface area contributed by atoms with Crippen molar-refractivity contribution in [3.8, 4) is 0 Å². The highest BCUT2D eigenvalue weighted by Gasteiger charge is 2.17. The van der Waals surface area contributed by atoms with E-state index >= 15 is 0 Å². The van der Waals surface area contributed by atoms with Gasteiger partial charge in [-0.25, -0.2) is 4.39 Å². The van der Waals surface area contributed by atoms with Gasteiger partial charge in [0.25, 0.3) is 0 Å². The van der Waals surface area contributed by atoms with E-state index in [4.69, 9.17) is 0 Å². The Balaban J connectivity index is 2.16. The number of thiazole rings is 1. The number of hydrogen-bond donors (Lipinski definition) is 1. The maximum absolute atomic E-state index is 14.0. The second-order valence-corrected chi connectivity index (χ2v) is 5.92. The fourth-order valence-electron chi connectivity index (χ4n) is 2.06. The lowest BCUT2D eigenvalue weighted by molar-refractivity contribution is 0.507. The van der Waals surface area contributed by atoms with Gasteiger partial charge in [-0.2, -0.15) is 0 Å². The summed E-state index contributed by atoms with van der Waals surface area (Å²) in [6.07, 6.45) is 2.69. The van der Waals surface area contributed by atoms with Crippen molar-refractivity contribution in [2.45, 2.75) is 32.2 Å². The summed E-state index contributed by atoms with van der Waals surface area (Å²) in [5.74, 6) is 0.0200. The minimum absolute atomic E-state index is 0.123. The van der Waals surface area contributed by atoms with Crippen LogP contribution in [-0.4, -0.2) is 17.6 Å². The van der Waals surface area contributed by atoms with E-state index in [0.29, 0.717) is 6.04 Å². The monoisotopic (exact) mass is 278 g/mol. The Kier molecular flexibility index (Phi) is 5.05. The first-order valence-electron chi connectivity index (χ1n) is 6.52. The molecule has 1 aromatic heterocycles. The van der Waals surface area contributed by atoms with Crippen molar-refractivity contribution in [1.82, 2.24) is 10.3 Å². The van der Waals surface area contributed by atoms with E-state index in [1.54, 1.807) is 17.4 Å². The van der Waals surface area contributed by atoms with Crippen molar-refractivity contribution in [2.24, 2.45) is 0 Å². The minimum Gasteiger partial charge on any atom is -0.314 e. The third-order valence-corrected chi connectivity index (χ3v) is 3.85. The topological polar surface area (TPSA) is 24.9 Å². The van der Waals surface area contributed by atoms with E-state index in [9.17, 15) is 4.39 Å². The molecule has 19 heavy (non-hydrogen) atoms. The maximum atomic E-state index is 14.0. The lowest BCUT2D eigenvalue weighted by Gasteiger charge is -2.19. The van der Waals surface area contributed by atoms with Crippen LogP contribution in [0.5, 0.6) is 0 Å². The molecule has 0 aliphatic carbocycles. The summed E-state index contributed by atoms with van der Waals surface area (Å²) < 4.78 is 14.0. The quantitative estimate of drug-likeness (QED) is 0.873. The van der Waals surface area contributed by atoms with Crippen LogP contribution in [0.3, 0.4) is 0 Å². The Labute approximate surface area is 117 Å². The zero-order valence-electron chi connectivity index (χ0n) is 11.3. The Morgan fingerprint density at radius 2 is 2.11 bits per heavy atom. The zero-order chi connectivity index (χ0) is 13.7. The molecule has 1 heterocycles. The number of rotatable bonds is 6.